The Bertz CT molecular complexity index is 651. The number of piperidine rings is 2. The molecule has 5 heteroatoms. The maximum Gasteiger partial charge on any atom is 0.234 e. The Hall–Kier alpha value is -1.91. The van der Waals surface area contributed by atoms with Gasteiger partial charge < -0.3 is 4.90 Å². The lowest BCUT2D eigenvalue weighted by Crippen LogP contribution is -2.39. The molecule has 1 N–H and O–H groups in total. The molecule has 1 unspecified atom stereocenters. The van der Waals surface area contributed by atoms with Crippen LogP contribution >= 0.6 is 0 Å². The van der Waals surface area contributed by atoms with Crippen LogP contribution in [0.25, 0.3) is 0 Å². The first-order chi connectivity index (χ1) is 11.9. The zero-order valence-corrected chi connectivity index (χ0v) is 15.1. The van der Waals surface area contributed by atoms with E-state index in [2.05, 4.69) is 24.1 Å². The van der Waals surface area contributed by atoms with E-state index in [1.165, 1.54) is 6.42 Å². The number of nitrogens with zero attached hydrogens (tertiary/aromatic N) is 1. The first-order valence-corrected chi connectivity index (χ1v) is 9.32. The highest BCUT2D eigenvalue weighted by Gasteiger charge is 2.30. The van der Waals surface area contributed by atoms with Crippen LogP contribution in [0.5, 0.6) is 0 Å². The van der Waals surface area contributed by atoms with Crippen molar-refractivity contribution in [3.8, 4) is 0 Å². The minimum atomic E-state index is -0.566. The normalized spacial score (nSPS) is 22.4. The molecule has 0 saturated carbocycles. The average Bonchev–Trinajstić information content (AvgIpc) is 2.56. The van der Waals surface area contributed by atoms with Crippen LogP contribution in [-0.4, -0.2) is 24.9 Å². The van der Waals surface area contributed by atoms with E-state index in [9.17, 15) is 14.0 Å². The molecule has 2 heterocycles. The number of rotatable bonds is 4. The third-order valence-corrected chi connectivity index (χ3v) is 5.38. The third kappa shape index (κ3) is 4.20. The van der Waals surface area contributed by atoms with Gasteiger partial charge in [-0.05, 0) is 49.7 Å². The lowest BCUT2D eigenvalue weighted by Gasteiger charge is -2.34. The summed E-state index contributed by atoms with van der Waals surface area (Å²) in [5.74, 6) is -0.0922. The van der Waals surface area contributed by atoms with Crippen molar-refractivity contribution in [3.63, 3.8) is 0 Å². The standard InChI is InChI=1S/C20H27FN2O2/c1-13(2)11-14-7-9-23(10-8-14)15-3-4-16(18(21)12-15)17-5-6-19(24)22-20(17)25/h3-4,12-14,17H,5-11H2,1-2H3,(H,22,24,25). The molecule has 136 valence electrons. The summed E-state index contributed by atoms with van der Waals surface area (Å²) in [6.45, 7) is 6.42. The van der Waals surface area contributed by atoms with Gasteiger partial charge in [-0.2, -0.15) is 0 Å². The van der Waals surface area contributed by atoms with E-state index in [-0.39, 0.29) is 18.1 Å². The fourth-order valence-corrected chi connectivity index (χ4v) is 4.08. The molecular formula is C20H27FN2O2. The number of benzene rings is 1. The highest BCUT2D eigenvalue weighted by atomic mass is 19.1. The number of hydrogen-bond donors (Lipinski definition) is 1. The first kappa shape index (κ1) is 17.9. The Morgan fingerprint density at radius 3 is 2.52 bits per heavy atom. The molecule has 0 radical (unpaired) electrons. The SMILES string of the molecule is CC(C)CC1CCN(c2ccc(C3CCC(=O)NC3=O)c(F)c2)CC1. The van der Waals surface area contributed by atoms with Crippen LogP contribution in [0.2, 0.25) is 0 Å². The monoisotopic (exact) mass is 346 g/mol. The van der Waals surface area contributed by atoms with E-state index in [0.29, 0.717) is 12.0 Å². The molecule has 1 aromatic rings. The van der Waals surface area contributed by atoms with Gasteiger partial charge in [0.25, 0.3) is 0 Å². The molecule has 3 rings (SSSR count). The van der Waals surface area contributed by atoms with E-state index in [1.807, 2.05) is 6.07 Å². The van der Waals surface area contributed by atoms with E-state index >= 15 is 0 Å². The summed E-state index contributed by atoms with van der Waals surface area (Å²) in [7, 11) is 0. The van der Waals surface area contributed by atoms with E-state index in [0.717, 1.165) is 43.5 Å². The number of halogens is 1. The van der Waals surface area contributed by atoms with Crippen LogP contribution in [0.4, 0.5) is 10.1 Å². The Kier molecular flexibility index (Phi) is 5.40. The maximum absolute atomic E-state index is 14.6. The zero-order chi connectivity index (χ0) is 18.0. The maximum atomic E-state index is 14.6. The Balaban J connectivity index is 1.66. The van der Waals surface area contributed by atoms with Gasteiger partial charge in [-0.25, -0.2) is 4.39 Å². The summed E-state index contributed by atoms with van der Waals surface area (Å²) >= 11 is 0. The quantitative estimate of drug-likeness (QED) is 0.848. The van der Waals surface area contributed by atoms with Gasteiger partial charge >= 0.3 is 0 Å². The third-order valence-electron chi connectivity index (χ3n) is 5.38. The van der Waals surface area contributed by atoms with Crippen LogP contribution in [0.1, 0.15) is 57.4 Å². The number of hydrogen-bond acceptors (Lipinski definition) is 3. The van der Waals surface area contributed by atoms with Gasteiger partial charge in [-0.3, -0.25) is 14.9 Å². The molecule has 2 aliphatic rings. The van der Waals surface area contributed by atoms with Crippen molar-refractivity contribution < 1.29 is 14.0 Å². The van der Waals surface area contributed by atoms with Crippen LogP contribution in [0.15, 0.2) is 18.2 Å². The van der Waals surface area contributed by atoms with Crippen LogP contribution in [0.3, 0.4) is 0 Å². The molecule has 1 atom stereocenters. The summed E-state index contributed by atoms with van der Waals surface area (Å²) in [4.78, 5) is 25.4. The molecule has 0 aromatic heterocycles. The van der Waals surface area contributed by atoms with Crippen molar-refractivity contribution in [2.45, 2.75) is 51.9 Å². The number of carbonyl (C=O) groups is 2. The molecule has 2 fully saturated rings. The van der Waals surface area contributed by atoms with Crippen LogP contribution < -0.4 is 10.2 Å². The fraction of sp³-hybridized carbons (Fsp3) is 0.600. The first-order valence-electron chi connectivity index (χ1n) is 9.32. The molecule has 25 heavy (non-hydrogen) atoms. The number of nitrogens with one attached hydrogen (secondary N) is 1. The molecule has 0 spiro atoms. The van der Waals surface area contributed by atoms with Crippen LogP contribution in [-0.2, 0) is 9.59 Å². The Labute approximate surface area is 148 Å². The highest BCUT2D eigenvalue weighted by molar-refractivity contribution is 6.00. The zero-order valence-electron chi connectivity index (χ0n) is 15.1. The number of carbonyl (C=O) groups excluding carboxylic acids is 2. The largest absolute Gasteiger partial charge is 0.371 e. The Morgan fingerprint density at radius 2 is 1.92 bits per heavy atom. The number of anilines is 1. The van der Waals surface area contributed by atoms with Gasteiger partial charge in [0.1, 0.15) is 5.82 Å². The van der Waals surface area contributed by atoms with Crippen molar-refractivity contribution in [1.82, 2.24) is 5.32 Å². The number of amides is 2. The van der Waals surface area contributed by atoms with Crippen molar-refractivity contribution in [1.29, 1.82) is 0 Å². The molecule has 2 aliphatic heterocycles. The molecule has 2 amide bonds. The van der Waals surface area contributed by atoms with Crippen LogP contribution in [0, 0.1) is 17.7 Å². The summed E-state index contributed by atoms with van der Waals surface area (Å²) < 4.78 is 14.6. The summed E-state index contributed by atoms with van der Waals surface area (Å²) in [5, 5.41) is 2.30. The van der Waals surface area contributed by atoms with Crippen molar-refractivity contribution in [2.75, 3.05) is 18.0 Å². The molecule has 0 aliphatic carbocycles. The smallest absolute Gasteiger partial charge is 0.234 e. The topological polar surface area (TPSA) is 49.4 Å². The van der Waals surface area contributed by atoms with E-state index < -0.39 is 11.8 Å². The predicted molar refractivity (Wildman–Crippen MR) is 95.9 cm³/mol. The molecule has 1 aromatic carbocycles. The van der Waals surface area contributed by atoms with Gasteiger partial charge in [0.15, 0.2) is 0 Å². The van der Waals surface area contributed by atoms with Gasteiger partial charge in [-0.1, -0.05) is 19.9 Å². The summed E-state index contributed by atoms with van der Waals surface area (Å²) in [6.07, 6.45) is 4.20. The molecule has 2 saturated heterocycles. The second kappa shape index (κ2) is 7.54. The van der Waals surface area contributed by atoms with Crippen molar-refractivity contribution >= 4 is 17.5 Å². The molecule has 4 nitrogen and oxygen atoms in total. The number of imide groups is 1. The minimum absolute atomic E-state index is 0.265. The van der Waals surface area contributed by atoms with Crippen molar-refractivity contribution in [2.24, 2.45) is 11.8 Å². The average molecular weight is 346 g/mol. The Morgan fingerprint density at radius 1 is 1.20 bits per heavy atom. The lowest BCUT2D eigenvalue weighted by molar-refractivity contribution is -0.134. The summed E-state index contributed by atoms with van der Waals surface area (Å²) in [6, 6.07) is 5.16. The van der Waals surface area contributed by atoms with Gasteiger partial charge in [0.2, 0.25) is 11.8 Å². The second-order valence-corrected chi connectivity index (χ2v) is 7.77. The van der Waals surface area contributed by atoms with E-state index in [4.69, 9.17) is 0 Å². The van der Waals surface area contributed by atoms with Crippen molar-refractivity contribution in [3.05, 3.63) is 29.6 Å². The van der Waals surface area contributed by atoms with Gasteiger partial charge in [-0.15, -0.1) is 0 Å². The summed E-state index contributed by atoms with van der Waals surface area (Å²) in [5.41, 5.74) is 1.28. The van der Waals surface area contributed by atoms with Gasteiger partial charge in [0.05, 0.1) is 5.92 Å². The second-order valence-electron chi connectivity index (χ2n) is 7.77. The highest BCUT2D eigenvalue weighted by Crippen LogP contribution is 2.32. The predicted octanol–water partition coefficient (Wildman–Crippen LogP) is 3.61. The molecule has 0 bridgehead atoms. The van der Waals surface area contributed by atoms with E-state index in [1.54, 1.807) is 12.1 Å². The lowest BCUT2D eigenvalue weighted by atomic mass is 9.88. The fourth-order valence-electron chi connectivity index (χ4n) is 4.08. The molecular weight excluding hydrogens is 319 g/mol. The minimum Gasteiger partial charge on any atom is -0.371 e. The van der Waals surface area contributed by atoms with Gasteiger partial charge in [0, 0.05) is 30.8 Å².